The van der Waals surface area contributed by atoms with Crippen molar-refractivity contribution in [2.45, 2.75) is 176 Å². The van der Waals surface area contributed by atoms with Crippen LogP contribution in [0.5, 0.6) is 0 Å². The molecule has 5 aliphatic rings. The molecule has 2 aliphatic heterocycles. The molecule has 0 radical (unpaired) electrons. The SMILES string of the molecule is CCC/C=C/C(CCC(CCCCCCCCC(=O)O)OOC(C)C12CCC3C(C)(C(=O)O)CCCC3(C)C1CC(C(C)C)C1C(=O)OC(=O)C12)C1CC(=O)OC1=O. The molecule has 2 N–H and O–H groups in total. The highest BCUT2D eigenvalue weighted by Gasteiger charge is 2.73. The maximum absolute atomic E-state index is 14.0. The first-order valence-corrected chi connectivity index (χ1v) is 22.4. The third kappa shape index (κ3) is 9.43. The number of rotatable bonds is 22. The van der Waals surface area contributed by atoms with Crippen molar-refractivity contribution in [1.29, 1.82) is 0 Å². The van der Waals surface area contributed by atoms with Crippen LogP contribution in [0.15, 0.2) is 12.2 Å². The molecule has 2 saturated heterocycles. The Morgan fingerprint density at radius 3 is 2.19 bits per heavy atom. The number of carboxylic acid groups (broad SMARTS) is 2. The van der Waals surface area contributed by atoms with Crippen LogP contribution in [0.3, 0.4) is 0 Å². The van der Waals surface area contributed by atoms with E-state index in [0.29, 0.717) is 51.4 Å². The van der Waals surface area contributed by atoms with Gasteiger partial charge in [-0.2, -0.15) is 0 Å². The standard InChI is InChI=1S/C46H70O12/c1-7-8-13-17-30(33-27-37(49)55-40(33)50)20-21-31(18-14-11-9-10-12-15-19-36(47)48)58-57-29(4)46-25-22-34-44(5,23-16-24-45(34,6)43(53)54)35(46)26-32(28(2)3)38-39(46)42(52)56-41(38)51/h13,17,28-35,38-39H,7-12,14-16,18-27H2,1-6H3,(H,47,48)(H,53,54)/b17-13+. The van der Waals surface area contributed by atoms with Crippen molar-refractivity contribution in [3.05, 3.63) is 12.2 Å². The number of cyclic esters (lactones) is 4. The molecular weight excluding hydrogens is 744 g/mol. The van der Waals surface area contributed by atoms with Gasteiger partial charge in [0.25, 0.3) is 0 Å². The Kier molecular flexibility index (Phi) is 15.5. The van der Waals surface area contributed by atoms with Gasteiger partial charge in [0.1, 0.15) is 0 Å². The smallest absolute Gasteiger partial charge is 0.318 e. The van der Waals surface area contributed by atoms with Gasteiger partial charge < -0.3 is 19.7 Å². The molecule has 3 aliphatic carbocycles. The van der Waals surface area contributed by atoms with Gasteiger partial charge in [0.2, 0.25) is 0 Å². The molecule has 0 aromatic carbocycles. The zero-order valence-corrected chi connectivity index (χ0v) is 35.8. The van der Waals surface area contributed by atoms with Gasteiger partial charge in [-0.1, -0.05) is 84.8 Å². The minimum Gasteiger partial charge on any atom is -0.481 e. The minimum absolute atomic E-state index is 0.0419. The Labute approximate surface area is 344 Å². The minimum atomic E-state index is -0.907. The van der Waals surface area contributed by atoms with Crippen LogP contribution in [0.4, 0.5) is 0 Å². The molecule has 12 atom stereocenters. The van der Waals surface area contributed by atoms with Crippen LogP contribution < -0.4 is 0 Å². The van der Waals surface area contributed by atoms with Crippen molar-refractivity contribution in [1.82, 2.24) is 0 Å². The van der Waals surface area contributed by atoms with Gasteiger partial charge in [0.05, 0.1) is 41.8 Å². The molecular formula is C46H70O12. The van der Waals surface area contributed by atoms with Crippen molar-refractivity contribution in [2.24, 2.45) is 63.6 Å². The molecule has 5 rings (SSSR count). The van der Waals surface area contributed by atoms with E-state index in [0.717, 1.165) is 57.8 Å². The van der Waals surface area contributed by atoms with Crippen LogP contribution in [0.25, 0.3) is 0 Å². The monoisotopic (exact) mass is 814 g/mol. The number of esters is 4. The number of ether oxygens (including phenoxy) is 2. The number of carboxylic acids is 2. The average molecular weight is 815 g/mol. The van der Waals surface area contributed by atoms with E-state index < -0.39 is 75.9 Å². The topological polar surface area (TPSA) is 180 Å². The lowest BCUT2D eigenvalue weighted by atomic mass is 9.36. The van der Waals surface area contributed by atoms with Gasteiger partial charge in [-0.25, -0.2) is 9.78 Å². The van der Waals surface area contributed by atoms with Crippen LogP contribution in [-0.4, -0.2) is 58.2 Å². The first-order valence-electron chi connectivity index (χ1n) is 22.4. The number of allylic oxidation sites excluding steroid dienone is 2. The number of hydrogen-bond donors (Lipinski definition) is 2. The molecule has 12 nitrogen and oxygen atoms in total. The summed E-state index contributed by atoms with van der Waals surface area (Å²) in [6, 6.07) is 0. The molecule has 0 aromatic rings. The second-order valence-corrected chi connectivity index (χ2v) is 19.3. The summed E-state index contributed by atoms with van der Waals surface area (Å²) in [6.45, 7) is 12.3. The summed E-state index contributed by atoms with van der Waals surface area (Å²) in [5.41, 5.74) is -2.17. The van der Waals surface area contributed by atoms with Crippen molar-refractivity contribution in [2.75, 3.05) is 0 Å². The Hall–Kier alpha value is -3.12. The van der Waals surface area contributed by atoms with Crippen molar-refractivity contribution >= 4 is 35.8 Å². The van der Waals surface area contributed by atoms with E-state index in [1.807, 2.05) is 19.9 Å². The molecule has 0 aromatic heterocycles. The predicted octanol–water partition coefficient (Wildman–Crippen LogP) is 9.02. The molecule has 0 bridgehead atoms. The second-order valence-electron chi connectivity index (χ2n) is 19.3. The third-order valence-corrected chi connectivity index (χ3v) is 15.6. The average Bonchev–Trinajstić information content (AvgIpc) is 3.67. The highest BCUT2D eigenvalue weighted by atomic mass is 17.2. The van der Waals surface area contributed by atoms with Gasteiger partial charge in [0, 0.05) is 11.8 Å². The predicted molar refractivity (Wildman–Crippen MR) is 213 cm³/mol. The van der Waals surface area contributed by atoms with E-state index in [4.69, 9.17) is 24.4 Å². The molecule has 12 heteroatoms. The maximum atomic E-state index is 14.0. The fourth-order valence-electron chi connectivity index (χ4n) is 12.5. The molecule has 2 heterocycles. The summed E-state index contributed by atoms with van der Waals surface area (Å²) >= 11 is 0. The Morgan fingerprint density at radius 2 is 1.55 bits per heavy atom. The zero-order chi connectivity index (χ0) is 42.4. The van der Waals surface area contributed by atoms with E-state index >= 15 is 0 Å². The summed E-state index contributed by atoms with van der Waals surface area (Å²) in [5.74, 6) is -5.93. The molecule has 5 fully saturated rings. The second kappa shape index (κ2) is 19.5. The highest BCUT2D eigenvalue weighted by Crippen LogP contribution is 2.72. The van der Waals surface area contributed by atoms with Gasteiger partial charge in [0.15, 0.2) is 0 Å². The Balaban J connectivity index is 1.41. The zero-order valence-electron chi connectivity index (χ0n) is 35.8. The molecule has 58 heavy (non-hydrogen) atoms. The lowest BCUT2D eigenvalue weighted by Gasteiger charge is -2.67. The summed E-state index contributed by atoms with van der Waals surface area (Å²) in [5, 5.41) is 19.6. The molecule has 3 saturated carbocycles. The molecule has 0 spiro atoms. The van der Waals surface area contributed by atoms with Crippen LogP contribution in [0.1, 0.15) is 164 Å². The first kappa shape index (κ1) is 46.0. The van der Waals surface area contributed by atoms with Gasteiger partial charge in [-0.3, -0.25) is 28.8 Å². The fraction of sp³-hybridized carbons (Fsp3) is 0.826. The number of fused-ring (bicyclic) bond motifs is 5. The normalized spacial score (nSPS) is 34.9. The number of carbonyl (C=O) groups excluding carboxylic acids is 4. The van der Waals surface area contributed by atoms with E-state index in [1.54, 1.807) is 0 Å². The van der Waals surface area contributed by atoms with E-state index in [2.05, 4.69) is 33.8 Å². The summed E-state index contributed by atoms with van der Waals surface area (Å²) in [6.07, 6.45) is 16.0. The summed E-state index contributed by atoms with van der Waals surface area (Å²) in [4.78, 5) is 89.4. The number of aliphatic carboxylic acids is 2. The first-order chi connectivity index (χ1) is 27.5. The third-order valence-electron chi connectivity index (χ3n) is 15.6. The fourth-order valence-corrected chi connectivity index (χ4v) is 12.5. The van der Waals surface area contributed by atoms with Gasteiger partial charge >= 0.3 is 35.8 Å². The lowest BCUT2D eigenvalue weighted by molar-refractivity contribution is -0.385. The summed E-state index contributed by atoms with van der Waals surface area (Å²) < 4.78 is 10.4. The van der Waals surface area contributed by atoms with Crippen LogP contribution in [0, 0.1) is 63.6 Å². The van der Waals surface area contributed by atoms with Crippen molar-refractivity contribution < 1.29 is 58.2 Å². The molecule has 12 unspecified atom stereocenters. The number of unbranched alkanes of at least 4 members (excludes halogenated alkanes) is 6. The lowest BCUT2D eigenvalue weighted by Crippen LogP contribution is -2.67. The van der Waals surface area contributed by atoms with Gasteiger partial charge in [-0.05, 0) is 113 Å². The Morgan fingerprint density at radius 1 is 0.845 bits per heavy atom. The van der Waals surface area contributed by atoms with E-state index in [1.165, 1.54) is 0 Å². The van der Waals surface area contributed by atoms with E-state index in [-0.39, 0.29) is 48.5 Å². The van der Waals surface area contributed by atoms with Crippen LogP contribution in [-0.2, 0) is 48.0 Å². The van der Waals surface area contributed by atoms with Crippen molar-refractivity contribution in [3.63, 3.8) is 0 Å². The van der Waals surface area contributed by atoms with Crippen LogP contribution in [0.2, 0.25) is 0 Å². The number of hydrogen-bond acceptors (Lipinski definition) is 10. The summed E-state index contributed by atoms with van der Waals surface area (Å²) in [7, 11) is 0. The largest absolute Gasteiger partial charge is 0.481 e. The quantitative estimate of drug-likeness (QED) is 0.0265. The molecule has 326 valence electrons. The van der Waals surface area contributed by atoms with Crippen molar-refractivity contribution in [3.8, 4) is 0 Å². The Bertz CT molecular complexity index is 1540. The maximum Gasteiger partial charge on any atom is 0.318 e. The molecule has 0 amide bonds. The van der Waals surface area contributed by atoms with E-state index in [9.17, 15) is 33.9 Å². The highest BCUT2D eigenvalue weighted by molar-refractivity contribution is 5.97. The van der Waals surface area contributed by atoms with Crippen LogP contribution >= 0.6 is 0 Å². The van der Waals surface area contributed by atoms with Gasteiger partial charge in [-0.15, -0.1) is 0 Å². The number of carbonyl (C=O) groups is 6.